The number of para-hydroxylation sites is 1. The molecule has 0 aliphatic heterocycles. The fraction of sp³-hybridized carbons (Fsp3) is 0.0714. The van der Waals surface area contributed by atoms with Gasteiger partial charge < -0.3 is 4.74 Å². The highest BCUT2D eigenvalue weighted by atomic mass is 19.4. The third-order valence-electron chi connectivity index (χ3n) is 2.48. The molecule has 0 atom stereocenters. The minimum atomic E-state index is -4.98. The van der Waals surface area contributed by atoms with Crippen molar-refractivity contribution < 1.29 is 31.5 Å². The van der Waals surface area contributed by atoms with E-state index in [1.807, 2.05) is 0 Å². The minimum Gasteiger partial charge on any atom is -0.405 e. The Bertz CT molecular complexity index is 659. The first-order valence-corrected chi connectivity index (χ1v) is 5.62. The van der Waals surface area contributed by atoms with Crippen molar-refractivity contribution >= 4 is 5.78 Å². The molecule has 0 heterocycles. The van der Waals surface area contributed by atoms with Crippen LogP contribution in [0, 0.1) is 11.6 Å². The van der Waals surface area contributed by atoms with Crippen molar-refractivity contribution in [1.82, 2.24) is 0 Å². The van der Waals surface area contributed by atoms with Crippen LogP contribution in [0.4, 0.5) is 22.0 Å². The van der Waals surface area contributed by atoms with Gasteiger partial charge in [0.05, 0.1) is 5.56 Å². The maximum atomic E-state index is 13.1. The second kappa shape index (κ2) is 5.51. The molecule has 21 heavy (non-hydrogen) atoms. The molecule has 2 aromatic rings. The molecule has 0 saturated carbocycles. The lowest BCUT2D eigenvalue weighted by atomic mass is 10.0. The van der Waals surface area contributed by atoms with E-state index in [-0.39, 0.29) is 0 Å². The van der Waals surface area contributed by atoms with E-state index in [4.69, 9.17) is 0 Å². The van der Waals surface area contributed by atoms with Crippen molar-refractivity contribution in [2.75, 3.05) is 0 Å². The molecule has 0 bridgehead atoms. The zero-order valence-electron chi connectivity index (χ0n) is 10.2. The SMILES string of the molecule is O=C(c1cc(F)cc(F)c1)c1ccccc1OC(F)(F)F. The summed E-state index contributed by atoms with van der Waals surface area (Å²) in [6, 6.07) is 6.58. The summed E-state index contributed by atoms with van der Waals surface area (Å²) in [5.74, 6) is -3.73. The zero-order valence-corrected chi connectivity index (χ0v) is 10.2. The number of hydrogen-bond acceptors (Lipinski definition) is 2. The highest BCUT2D eigenvalue weighted by Crippen LogP contribution is 2.28. The van der Waals surface area contributed by atoms with E-state index < -0.39 is 40.7 Å². The van der Waals surface area contributed by atoms with Gasteiger partial charge in [0, 0.05) is 11.6 Å². The van der Waals surface area contributed by atoms with Gasteiger partial charge in [0.2, 0.25) is 0 Å². The fourth-order valence-corrected chi connectivity index (χ4v) is 1.71. The number of ether oxygens (including phenoxy) is 1. The van der Waals surface area contributed by atoms with Crippen molar-refractivity contribution in [2.24, 2.45) is 0 Å². The molecule has 0 aliphatic rings. The van der Waals surface area contributed by atoms with E-state index in [0.717, 1.165) is 24.3 Å². The average molecular weight is 302 g/mol. The van der Waals surface area contributed by atoms with Crippen molar-refractivity contribution in [3.63, 3.8) is 0 Å². The normalized spacial score (nSPS) is 11.3. The van der Waals surface area contributed by atoms with Crippen LogP contribution in [0.3, 0.4) is 0 Å². The number of alkyl halides is 3. The van der Waals surface area contributed by atoms with Gasteiger partial charge in [0.1, 0.15) is 17.4 Å². The Morgan fingerprint density at radius 2 is 1.52 bits per heavy atom. The van der Waals surface area contributed by atoms with Crippen LogP contribution in [0.25, 0.3) is 0 Å². The van der Waals surface area contributed by atoms with E-state index in [2.05, 4.69) is 4.74 Å². The number of ketones is 1. The highest BCUT2D eigenvalue weighted by molar-refractivity contribution is 6.10. The Morgan fingerprint density at radius 3 is 2.10 bits per heavy atom. The van der Waals surface area contributed by atoms with Gasteiger partial charge in [0.15, 0.2) is 5.78 Å². The molecule has 0 saturated heterocycles. The Balaban J connectivity index is 2.44. The van der Waals surface area contributed by atoms with Crippen LogP contribution >= 0.6 is 0 Å². The van der Waals surface area contributed by atoms with Crippen molar-refractivity contribution in [3.05, 3.63) is 65.2 Å². The molecule has 2 nitrogen and oxygen atoms in total. The van der Waals surface area contributed by atoms with Crippen LogP contribution in [0.15, 0.2) is 42.5 Å². The van der Waals surface area contributed by atoms with Gasteiger partial charge in [-0.3, -0.25) is 4.79 Å². The van der Waals surface area contributed by atoms with E-state index in [0.29, 0.717) is 6.07 Å². The molecule has 0 radical (unpaired) electrons. The molecule has 110 valence electrons. The molecule has 0 amide bonds. The van der Waals surface area contributed by atoms with Gasteiger partial charge in [-0.1, -0.05) is 12.1 Å². The number of carbonyl (C=O) groups is 1. The van der Waals surface area contributed by atoms with Crippen molar-refractivity contribution in [3.8, 4) is 5.75 Å². The standard InChI is InChI=1S/C14H7F5O2/c15-9-5-8(6-10(16)7-9)13(20)11-3-1-2-4-12(11)21-14(17,18)19/h1-7H. The Hall–Kier alpha value is -2.44. The van der Waals surface area contributed by atoms with Gasteiger partial charge in [-0.05, 0) is 24.3 Å². The lowest BCUT2D eigenvalue weighted by Crippen LogP contribution is -2.19. The largest absolute Gasteiger partial charge is 0.573 e. The van der Waals surface area contributed by atoms with Gasteiger partial charge >= 0.3 is 6.36 Å². The number of rotatable bonds is 3. The second-order valence-corrected chi connectivity index (χ2v) is 4.03. The topological polar surface area (TPSA) is 26.3 Å². The third kappa shape index (κ3) is 3.77. The fourth-order valence-electron chi connectivity index (χ4n) is 1.71. The number of benzene rings is 2. The van der Waals surface area contributed by atoms with E-state index >= 15 is 0 Å². The van der Waals surface area contributed by atoms with Crippen LogP contribution in [0.2, 0.25) is 0 Å². The lowest BCUT2D eigenvalue weighted by molar-refractivity contribution is -0.274. The summed E-state index contributed by atoms with van der Waals surface area (Å²) in [7, 11) is 0. The predicted molar refractivity (Wildman–Crippen MR) is 62.9 cm³/mol. The first kappa shape index (κ1) is 15.0. The highest BCUT2D eigenvalue weighted by Gasteiger charge is 2.33. The van der Waals surface area contributed by atoms with E-state index in [9.17, 15) is 26.7 Å². The lowest BCUT2D eigenvalue weighted by Gasteiger charge is -2.12. The zero-order chi connectivity index (χ0) is 15.6. The van der Waals surface area contributed by atoms with Gasteiger partial charge in [-0.15, -0.1) is 13.2 Å². The van der Waals surface area contributed by atoms with Crippen LogP contribution in [0.1, 0.15) is 15.9 Å². The number of hydrogen-bond donors (Lipinski definition) is 0. The molecule has 0 N–H and O–H groups in total. The van der Waals surface area contributed by atoms with E-state index in [1.54, 1.807) is 0 Å². The molecule has 0 aromatic heterocycles. The van der Waals surface area contributed by atoms with Crippen LogP contribution in [-0.2, 0) is 0 Å². The maximum absolute atomic E-state index is 13.1. The molecule has 0 spiro atoms. The quantitative estimate of drug-likeness (QED) is 0.630. The van der Waals surface area contributed by atoms with E-state index in [1.165, 1.54) is 12.1 Å². The Labute approximate surface area is 115 Å². The first-order chi connectivity index (χ1) is 9.76. The molecular weight excluding hydrogens is 295 g/mol. The van der Waals surface area contributed by atoms with Gasteiger partial charge in [-0.25, -0.2) is 8.78 Å². The van der Waals surface area contributed by atoms with Crippen molar-refractivity contribution in [1.29, 1.82) is 0 Å². The summed E-state index contributed by atoms with van der Waals surface area (Å²) in [4.78, 5) is 12.1. The summed E-state index contributed by atoms with van der Waals surface area (Å²) in [6.07, 6.45) is -4.98. The van der Waals surface area contributed by atoms with Gasteiger partial charge in [-0.2, -0.15) is 0 Å². The molecule has 2 rings (SSSR count). The molecule has 0 aliphatic carbocycles. The summed E-state index contributed by atoms with van der Waals surface area (Å²) in [5.41, 5.74) is -0.856. The number of carbonyl (C=O) groups excluding carboxylic acids is 1. The second-order valence-electron chi connectivity index (χ2n) is 4.03. The molecule has 7 heteroatoms. The first-order valence-electron chi connectivity index (χ1n) is 5.62. The summed E-state index contributed by atoms with van der Waals surface area (Å²) in [5, 5.41) is 0. The van der Waals surface area contributed by atoms with Crippen molar-refractivity contribution in [2.45, 2.75) is 6.36 Å². The predicted octanol–water partition coefficient (Wildman–Crippen LogP) is 4.09. The van der Waals surface area contributed by atoms with Gasteiger partial charge in [0.25, 0.3) is 0 Å². The summed E-state index contributed by atoms with van der Waals surface area (Å²) in [6.45, 7) is 0. The molecule has 0 fully saturated rings. The Kier molecular flexibility index (Phi) is 3.93. The third-order valence-corrected chi connectivity index (χ3v) is 2.48. The minimum absolute atomic E-state index is 0.411. The maximum Gasteiger partial charge on any atom is 0.573 e. The summed E-state index contributed by atoms with van der Waals surface area (Å²) < 4.78 is 66.7. The average Bonchev–Trinajstić information content (AvgIpc) is 2.35. The van der Waals surface area contributed by atoms with Crippen LogP contribution in [0.5, 0.6) is 5.75 Å². The molecule has 2 aromatic carbocycles. The monoisotopic (exact) mass is 302 g/mol. The molecule has 0 unspecified atom stereocenters. The summed E-state index contributed by atoms with van der Waals surface area (Å²) >= 11 is 0. The Morgan fingerprint density at radius 1 is 0.952 bits per heavy atom. The number of halogens is 5. The van der Waals surface area contributed by atoms with Crippen LogP contribution < -0.4 is 4.74 Å². The van der Waals surface area contributed by atoms with Crippen LogP contribution in [-0.4, -0.2) is 12.1 Å². The smallest absolute Gasteiger partial charge is 0.405 e. The molecular formula is C14H7F5O2.